The van der Waals surface area contributed by atoms with Crippen LogP contribution in [0.25, 0.3) is 0 Å². The van der Waals surface area contributed by atoms with E-state index in [-0.39, 0.29) is 122 Å². The molecular formula is C78H124F6N12O14. The number of ether oxygens (including phenoxy) is 2. The quantitative estimate of drug-likeness (QED) is 0.0751. The summed E-state index contributed by atoms with van der Waals surface area (Å²) < 4.78 is 97.0. The van der Waals surface area contributed by atoms with E-state index < -0.39 is 204 Å². The Labute approximate surface area is 645 Å². The number of nitrogens with zero attached hydrogens (tertiary/aromatic N) is 9. The van der Waals surface area contributed by atoms with Crippen LogP contribution < -0.4 is 16.0 Å². The summed E-state index contributed by atoms with van der Waals surface area (Å²) in [6.45, 7) is 5.71. The molecule has 0 aromatic carbocycles. The van der Waals surface area contributed by atoms with Gasteiger partial charge in [0.25, 0.3) is 0 Å². The van der Waals surface area contributed by atoms with Gasteiger partial charge in [0, 0.05) is 89.6 Å². The second kappa shape index (κ2) is 40.1. The van der Waals surface area contributed by atoms with Crippen LogP contribution in [-0.2, 0) is 67.0 Å². The SMILES string of the molecule is CCCCCC[C@H]1C(=O)N[C@@H]([C@@H](C)CC)C(=O)N(C)CC(=O)N(C)[C@H]2C/C=C\CCN(C2=O)[C@@H](CC2CCC(C(F)(F)F)CC2)C(=O)N(C)CC(=O)N[C@@H](CCC2CCC(C(F)(F)F)C(OC)C2)C(=O)N2C[C@H](OCC)C[C@H]2C(=O)NC2(CCC2)C(=O)N(C)[C@@H](C2CCCC2)C(=O)N(C)[C@H](C(=O)N(C)C)CC(=O)N1C. The molecular weight excluding hydrogens is 1440 g/mol. The molecule has 0 aromatic heterocycles. The maximum absolute atomic E-state index is 15.7. The Morgan fingerprint density at radius 3 is 1.88 bits per heavy atom. The maximum Gasteiger partial charge on any atom is 0.394 e. The number of unbranched alkanes of at least 4 members (excludes halogenated alkanes) is 3. The van der Waals surface area contributed by atoms with Crippen LogP contribution in [0.3, 0.4) is 0 Å². The summed E-state index contributed by atoms with van der Waals surface area (Å²) in [6.07, 6.45) is -2.67. The first-order chi connectivity index (χ1) is 51.8. The third-order valence-electron chi connectivity index (χ3n) is 24.9. The number of nitrogens with one attached hydrogen (secondary N) is 3. The van der Waals surface area contributed by atoms with E-state index in [1.54, 1.807) is 32.9 Å². The van der Waals surface area contributed by atoms with E-state index in [2.05, 4.69) is 16.0 Å². The van der Waals surface area contributed by atoms with Crippen LogP contribution in [0.15, 0.2) is 12.2 Å². The highest BCUT2D eigenvalue weighted by molar-refractivity contribution is 6.01. The van der Waals surface area contributed by atoms with Crippen LogP contribution in [-0.4, -0.2) is 290 Å². The van der Waals surface area contributed by atoms with Crippen molar-refractivity contribution in [3.05, 3.63) is 12.2 Å². The van der Waals surface area contributed by atoms with Crippen LogP contribution in [0.5, 0.6) is 0 Å². The summed E-state index contributed by atoms with van der Waals surface area (Å²) in [7, 11) is 12.4. The maximum atomic E-state index is 15.7. The van der Waals surface area contributed by atoms with Gasteiger partial charge in [0.15, 0.2) is 0 Å². The first-order valence-electron chi connectivity index (χ1n) is 40.1. The number of likely N-dealkylation sites (N-methyl/N-ethyl adjacent to an activating group) is 7. The Morgan fingerprint density at radius 1 is 0.636 bits per heavy atom. The van der Waals surface area contributed by atoms with Crippen LogP contribution in [0.4, 0.5) is 26.3 Å². The van der Waals surface area contributed by atoms with Gasteiger partial charge >= 0.3 is 12.4 Å². The number of methoxy groups -OCH3 is 1. The molecule has 6 fully saturated rings. The molecule has 4 saturated carbocycles. The minimum absolute atomic E-state index is 0.0366. The largest absolute Gasteiger partial charge is 0.394 e. The zero-order valence-electron chi connectivity index (χ0n) is 67.0. The lowest BCUT2D eigenvalue weighted by Crippen LogP contribution is -2.68. The van der Waals surface area contributed by atoms with Gasteiger partial charge < -0.3 is 69.5 Å². The van der Waals surface area contributed by atoms with Gasteiger partial charge in [0.05, 0.1) is 43.6 Å². The average molecular weight is 1570 g/mol. The van der Waals surface area contributed by atoms with E-state index >= 15 is 38.4 Å². The molecule has 3 heterocycles. The van der Waals surface area contributed by atoms with Crippen molar-refractivity contribution < 1.29 is 93.4 Å². The van der Waals surface area contributed by atoms with Crippen molar-refractivity contribution in [2.75, 3.05) is 96.3 Å². The highest BCUT2D eigenvalue weighted by atomic mass is 19.4. The molecule has 1 spiro atoms. The van der Waals surface area contributed by atoms with E-state index in [9.17, 15) is 45.5 Å². The second-order valence-electron chi connectivity index (χ2n) is 32.5. The van der Waals surface area contributed by atoms with Gasteiger partial charge in [-0.15, -0.1) is 0 Å². The number of amides is 12. The zero-order chi connectivity index (χ0) is 81.4. The third kappa shape index (κ3) is 22.4. The normalized spacial score (nSPS) is 30.9. The Bertz CT molecular complexity index is 3240. The highest BCUT2D eigenvalue weighted by Gasteiger charge is 2.55. The number of carbonyl (C=O) groups is 12. The Morgan fingerprint density at radius 2 is 1.29 bits per heavy atom. The Kier molecular flexibility index (Phi) is 32.8. The Hall–Kier alpha value is -7.12. The highest BCUT2D eigenvalue weighted by Crippen LogP contribution is 2.45. The predicted molar refractivity (Wildman–Crippen MR) is 396 cm³/mol. The number of halogens is 6. The minimum Gasteiger partial charge on any atom is -0.381 e. The fourth-order valence-electron chi connectivity index (χ4n) is 17.6. The first-order valence-corrected chi connectivity index (χ1v) is 40.1. The molecule has 3 aliphatic heterocycles. The number of hydrogen-bond acceptors (Lipinski definition) is 14. The average Bonchev–Trinajstić information content (AvgIpc) is 1.42. The molecule has 3 N–H and O–H groups in total. The first kappa shape index (κ1) is 90.1. The summed E-state index contributed by atoms with van der Waals surface area (Å²) in [5.74, 6) is -14.1. The van der Waals surface area contributed by atoms with Gasteiger partial charge in [-0.1, -0.05) is 77.9 Å². The predicted octanol–water partition coefficient (Wildman–Crippen LogP) is 7.00. The van der Waals surface area contributed by atoms with Crippen molar-refractivity contribution in [1.82, 2.24) is 60.0 Å². The zero-order valence-corrected chi connectivity index (χ0v) is 67.0. The van der Waals surface area contributed by atoms with Crippen molar-refractivity contribution in [3.8, 4) is 0 Å². The summed E-state index contributed by atoms with van der Waals surface area (Å²) in [4.78, 5) is 193. The van der Waals surface area contributed by atoms with Crippen LogP contribution in [0.1, 0.15) is 201 Å². The molecule has 0 aromatic rings. The van der Waals surface area contributed by atoms with Crippen molar-refractivity contribution in [2.45, 2.75) is 279 Å². The van der Waals surface area contributed by atoms with Crippen LogP contribution in [0.2, 0.25) is 0 Å². The van der Waals surface area contributed by atoms with E-state index in [0.717, 1.165) is 27.5 Å². The van der Waals surface area contributed by atoms with Crippen LogP contribution >= 0.6 is 0 Å². The van der Waals surface area contributed by atoms with E-state index in [0.29, 0.717) is 51.4 Å². The van der Waals surface area contributed by atoms with Crippen molar-refractivity contribution >= 4 is 70.9 Å². The number of hydrogen-bond donors (Lipinski definition) is 3. The molecule has 26 nitrogen and oxygen atoms in total. The molecule has 2 saturated heterocycles. The molecule has 13 atom stereocenters. The molecule has 3 unspecified atom stereocenters. The van der Waals surface area contributed by atoms with Gasteiger partial charge in [0.1, 0.15) is 53.9 Å². The summed E-state index contributed by atoms with van der Waals surface area (Å²) in [5.41, 5.74) is -1.63. The molecule has 622 valence electrons. The standard InChI is InChI=1S/C78H124F6N12O14/c1-14-17-18-20-28-56-67(100)86-65(48(4)15-2)73(106)90(8)47-64(99)92(10)57-29-21-19-24-40-95(72(57)105)60(41-49-30-34-52(35-31-49)77(79,80)81)71(104)89(7)46-62(97)85-55(37-33-50-32-36-54(78(82,83)84)61(42-50)109-13)69(102)96-45-53(110-16-3)43-58(96)68(101)87-76(38-25-39-76)75(108)94(12)66(51-26-22-23-27-51)74(107)93(11)59(70(103)88(5)6)44-63(98)91(56)9/h19,21,48-61,65-66H,14-18,20,22-47H2,1-13H3,(H,85,97)(H,86,100)(H,87,101)/b21-19-/t48-,49?,50?,52?,53+,54?,55-,56-,57-,58-,59-,60-,61?,65-,66-/m0/s1. The smallest absolute Gasteiger partial charge is 0.381 e. The summed E-state index contributed by atoms with van der Waals surface area (Å²) >= 11 is 0. The molecule has 2 bridgehead atoms. The lowest BCUT2D eigenvalue weighted by atomic mass is 9.74. The van der Waals surface area contributed by atoms with Crippen molar-refractivity contribution in [1.29, 1.82) is 0 Å². The van der Waals surface area contributed by atoms with Gasteiger partial charge in [-0.25, -0.2) is 0 Å². The minimum atomic E-state index is -4.56. The fraction of sp³-hybridized carbons (Fsp3) is 0.821. The van der Waals surface area contributed by atoms with Gasteiger partial charge in [0.2, 0.25) is 70.9 Å². The molecule has 4 aliphatic carbocycles. The molecule has 0 radical (unpaired) electrons. The van der Waals surface area contributed by atoms with Gasteiger partial charge in [-0.2, -0.15) is 26.3 Å². The van der Waals surface area contributed by atoms with Gasteiger partial charge in [-0.3, -0.25) is 57.5 Å². The lowest BCUT2D eigenvalue weighted by molar-refractivity contribution is -0.215. The van der Waals surface area contributed by atoms with E-state index in [4.69, 9.17) is 9.47 Å². The summed E-state index contributed by atoms with van der Waals surface area (Å²) in [6, 6.07) is -10.8. The fourth-order valence-corrected chi connectivity index (χ4v) is 17.6. The lowest BCUT2D eigenvalue weighted by Gasteiger charge is -2.46. The number of rotatable bonds is 17. The molecule has 12 amide bonds. The van der Waals surface area contributed by atoms with Crippen molar-refractivity contribution in [2.24, 2.45) is 35.5 Å². The molecule has 7 aliphatic rings. The number of alkyl halides is 6. The van der Waals surface area contributed by atoms with E-state index in [1.807, 2.05) is 6.92 Å². The topological polar surface area (TPSA) is 289 Å². The third-order valence-corrected chi connectivity index (χ3v) is 24.9. The monoisotopic (exact) mass is 1570 g/mol. The van der Waals surface area contributed by atoms with E-state index in [1.165, 1.54) is 92.9 Å². The Balaban J connectivity index is 1.33. The molecule has 7 rings (SSSR count). The number of carbonyl (C=O) groups excluding carboxylic acids is 12. The number of fused-ring (bicyclic) bond motifs is 3. The van der Waals surface area contributed by atoms with Crippen LogP contribution in [0, 0.1) is 35.5 Å². The second-order valence-corrected chi connectivity index (χ2v) is 32.5. The molecule has 110 heavy (non-hydrogen) atoms. The van der Waals surface area contributed by atoms with Gasteiger partial charge in [-0.05, 0) is 146 Å². The summed E-state index contributed by atoms with van der Waals surface area (Å²) in [5, 5.41) is 8.70. The molecule has 32 heteroatoms. The van der Waals surface area contributed by atoms with Crippen molar-refractivity contribution in [3.63, 3.8) is 0 Å².